The zero-order valence-electron chi connectivity index (χ0n) is 10.3. The van der Waals surface area contributed by atoms with Crippen LogP contribution in [0, 0.1) is 5.41 Å². The lowest BCUT2D eigenvalue weighted by molar-refractivity contribution is -0.125. The monoisotopic (exact) mass is 240 g/mol. The molecule has 0 saturated heterocycles. The van der Waals surface area contributed by atoms with Crippen LogP contribution in [0.5, 0.6) is 0 Å². The van der Waals surface area contributed by atoms with Gasteiger partial charge in [-0.05, 0) is 34.7 Å². The number of amides is 1. The van der Waals surface area contributed by atoms with Crippen molar-refractivity contribution in [1.82, 2.24) is 5.32 Å². The number of rotatable bonds is 3. The van der Waals surface area contributed by atoms with Crippen LogP contribution in [0.25, 0.3) is 0 Å². The van der Waals surface area contributed by atoms with E-state index in [9.17, 15) is 4.79 Å². The number of nitrogens with two attached hydrogens (primary N) is 1. The largest absolute Gasteiger partial charge is 0.348 e. The summed E-state index contributed by atoms with van der Waals surface area (Å²) in [7, 11) is 0. The summed E-state index contributed by atoms with van der Waals surface area (Å²) in [5, 5.41) is 6.97. The first-order chi connectivity index (χ1) is 7.32. The summed E-state index contributed by atoms with van der Waals surface area (Å²) >= 11 is 1.63. The maximum absolute atomic E-state index is 11.9. The molecule has 0 saturated carbocycles. The Hall–Kier alpha value is -0.870. The third-order valence-electron chi connectivity index (χ3n) is 2.62. The highest BCUT2D eigenvalue weighted by Crippen LogP contribution is 2.20. The van der Waals surface area contributed by atoms with Gasteiger partial charge in [-0.2, -0.15) is 11.3 Å². The molecule has 0 fully saturated rings. The van der Waals surface area contributed by atoms with E-state index in [2.05, 4.69) is 5.32 Å². The quantitative estimate of drug-likeness (QED) is 0.851. The Bertz CT molecular complexity index is 340. The van der Waals surface area contributed by atoms with Crippen LogP contribution in [0.3, 0.4) is 0 Å². The number of nitrogens with one attached hydrogen (secondary N) is 1. The third kappa shape index (κ3) is 3.32. The van der Waals surface area contributed by atoms with E-state index in [0.717, 1.165) is 5.56 Å². The van der Waals surface area contributed by atoms with E-state index >= 15 is 0 Å². The van der Waals surface area contributed by atoms with Gasteiger partial charge < -0.3 is 11.1 Å². The fourth-order valence-corrected chi connectivity index (χ4v) is 2.06. The molecule has 3 nitrogen and oxygen atoms in total. The van der Waals surface area contributed by atoms with Gasteiger partial charge in [0.25, 0.3) is 0 Å². The molecule has 1 aromatic heterocycles. The van der Waals surface area contributed by atoms with Crippen LogP contribution in [0.15, 0.2) is 16.8 Å². The van der Waals surface area contributed by atoms with Crippen molar-refractivity contribution in [1.29, 1.82) is 0 Å². The van der Waals surface area contributed by atoms with Crippen molar-refractivity contribution in [2.75, 3.05) is 0 Å². The van der Waals surface area contributed by atoms with Crippen LogP contribution in [-0.2, 0) is 4.79 Å². The van der Waals surface area contributed by atoms with E-state index in [1.165, 1.54) is 0 Å². The summed E-state index contributed by atoms with van der Waals surface area (Å²) in [5.41, 5.74) is 6.80. The molecule has 0 aromatic carbocycles. The van der Waals surface area contributed by atoms with Crippen LogP contribution >= 0.6 is 11.3 Å². The van der Waals surface area contributed by atoms with Crippen molar-refractivity contribution in [3.05, 3.63) is 22.4 Å². The van der Waals surface area contributed by atoms with Crippen LogP contribution in [0.4, 0.5) is 0 Å². The second-order valence-electron chi connectivity index (χ2n) is 5.13. The second-order valence-corrected chi connectivity index (χ2v) is 5.91. The van der Waals surface area contributed by atoms with Crippen LogP contribution in [-0.4, -0.2) is 11.9 Å². The third-order valence-corrected chi connectivity index (χ3v) is 3.32. The molecule has 1 aromatic rings. The minimum Gasteiger partial charge on any atom is -0.348 e. The van der Waals surface area contributed by atoms with Crippen molar-refractivity contribution in [2.24, 2.45) is 11.1 Å². The molecule has 3 N–H and O–H groups in total. The molecule has 0 bridgehead atoms. The summed E-state index contributed by atoms with van der Waals surface area (Å²) in [5.74, 6) is -0.0915. The normalized spacial score (nSPS) is 15.6. The van der Waals surface area contributed by atoms with E-state index in [4.69, 9.17) is 5.73 Å². The fraction of sp³-hybridized carbons (Fsp3) is 0.583. The van der Waals surface area contributed by atoms with E-state index in [-0.39, 0.29) is 17.4 Å². The summed E-state index contributed by atoms with van der Waals surface area (Å²) < 4.78 is 0. The average Bonchev–Trinajstić information content (AvgIpc) is 2.67. The first-order valence-electron chi connectivity index (χ1n) is 5.40. The molecule has 1 rings (SSSR count). The molecular formula is C12H20N2OS. The van der Waals surface area contributed by atoms with Crippen LogP contribution in [0.2, 0.25) is 0 Å². The van der Waals surface area contributed by atoms with Crippen LogP contribution in [0.1, 0.15) is 39.3 Å². The van der Waals surface area contributed by atoms with Gasteiger partial charge in [-0.25, -0.2) is 0 Å². The zero-order chi connectivity index (χ0) is 12.3. The smallest absolute Gasteiger partial charge is 0.237 e. The van der Waals surface area contributed by atoms with Crippen molar-refractivity contribution in [3.63, 3.8) is 0 Å². The first-order valence-corrected chi connectivity index (χ1v) is 6.34. The van der Waals surface area contributed by atoms with E-state index in [0.29, 0.717) is 0 Å². The summed E-state index contributed by atoms with van der Waals surface area (Å²) in [4.78, 5) is 11.9. The van der Waals surface area contributed by atoms with E-state index < -0.39 is 6.04 Å². The minimum absolute atomic E-state index is 0.0205. The predicted octanol–water partition coefficient (Wildman–Crippen LogP) is 2.30. The molecule has 16 heavy (non-hydrogen) atoms. The topological polar surface area (TPSA) is 55.1 Å². The summed E-state index contributed by atoms with van der Waals surface area (Å²) in [6, 6.07) is 1.55. The Labute approximate surface area is 101 Å². The molecular weight excluding hydrogens is 220 g/mol. The Kier molecular flexibility index (Phi) is 4.10. The number of thiophene rings is 1. The fourth-order valence-electron chi connectivity index (χ4n) is 1.30. The first kappa shape index (κ1) is 13.2. The van der Waals surface area contributed by atoms with Gasteiger partial charge in [-0.3, -0.25) is 4.79 Å². The standard InChI is InChI=1S/C12H20N2OS/c1-8(9-5-6-16-7-9)14-11(15)10(13)12(2,3)4/h5-8,10H,13H2,1-4H3,(H,14,15)/t8?,10-/m1/s1. The van der Waals surface area contributed by atoms with Gasteiger partial charge in [0.05, 0.1) is 12.1 Å². The van der Waals surface area contributed by atoms with Crippen LogP contribution < -0.4 is 11.1 Å². The van der Waals surface area contributed by atoms with Crippen molar-refractivity contribution < 1.29 is 4.79 Å². The molecule has 0 aliphatic heterocycles. The molecule has 90 valence electrons. The van der Waals surface area contributed by atoms with Crippen molar-refractivity contribution >= 4 is 17.2 Å². The molecule has 0 aliphatic carbocycles. The predicted molar refractivity (Wildman–Crippen MR) is 68.3 cm³/mol. The van der Waals surface area contributed by atoms with Gasteiger partial charge >= 0.3 is 0 Å². The molecule has 0 radical (unpaired) electrons. The molecule has 0 spiro atoms. The van der Waals surface area contributed by atoms with E-state index in [1.807, 2.05) is 44.5 Å². The maximum atomic E-state index is 11.9. The highest BCUT2D eigenvalue weighted by atomic mass is 32.1. The van der Waals surface area contributed by atoms with Gasteiger partial charge in [0.2, 0.25) is 5.91 Å². The Morgan fingerprint density at radius 1 is 1.50 bits per heavy atom. The number of carbonyl (C=O) groups excluding carboxylic acids is 1. The highest BCUT2D eigenvalue weighted by molar-refractivity contribution is 7.07. The lowest BCUT2D eigenvalue weighted by Crippen LogP contribution is -2.49. The van der Waals surface area contributed by atoms with Crippen molar-refractivity contribution in [2.45, 2.75) is 39.8 Å². The molecule has 2 atom stereocenters. The highest BCUT2D eigenvalue weighted by Gasteiger charge is 2.28. The van der Waals surface area contributed by atoms with Gasteiger partial charge in [-0.1, -0.05) is 20.8 Å². The SMILES string of the molecule is CC(NC(=O)[C@@H](N)C(C)(C)C)c1ccsc1. The zero-order valence-corrected chi connectivity index (χ0v) is 11.1. The Balaban J connectivity index is 2.59. The second kappa shape index (κ2) is 4.97. The summed E-state index contributed by atoms with van der Waals surface area (Å²) in [6.45, 7) is 7.86. The molecule has 4 heteroatoms. The number of carbonyl (C=O) groups is 1. The lowest BCUT2D eigenvalue weighted by Gasteiger charge is -2.27. The maximum Gasteiger partial charge on any atom is 0.237 e. The molecule has 0 aliphatic rings. The van der Waals surface area contributed by atoms with Gasteiger partial charge in [0.1, 0.15) is 0 Å². The van der Waals surface area contributed by atoms with Gasteiger partial charge in [-0.15, -0.1) is 0 Å². The molecule has 1 unspecified atom stereocenters. The molecule has 1 heterocycles. The van der Waals surface area contributed by atoms with Gasteiger partial charge in [0.15, 0.2) is 0 Å². The lowest BCUT2D eigenvalue weighted by atomic mass is 9.87. The van der Waals surface area contributed by atoms with Gasteiger partial charge in [0, 0.05) is 0 Å². The minimum atomic E-state index is -0.478. The molecule has 1 amide bonds. The number of hydrogen-bond acceptors (Lipinski definition) is 3. The average molecular weight is 240 g/mol. The summed E-state index contributed by atoms with van der Waals surface area (Å²) in [6.07, 6.45) is 0. The Morgan fingerprint density at radius 3 is 2.56 bits per heavy atom. The van der Waals surface area contributed by atoms with E-state index in [1.54, 1.807) is 11.3 Å². The van der Waals surface area contributed by atoms with Crippen molar-refractivity contribution in [3.8, 4) is 0 Å². The number of hydrogen-bond donors (Lipinski definition) is 2. The Morgan fingerprint density at radius 2 is 2.12 bits per heavy atom.